The fourth-order valence-corrected chi connectivity index (χ4v) is 4.38. The Kier molecular flexibility index (Phi) is 6.81. The van der Waals surface area contributed by atoms with E-state index in [1.54, 1.807) is 42.5 Å². The number of aliphatic carboxylic acids is 2. The molecule has 2 atom stereocenters. The average Bonchev–Trinajstić information content (AvgIpc) is 3.04. The minimum Gasteiger partial charge on any atom is -0.481 e. The molecule has 1 amide bonds. The molecule has 1 saturated heterocycles. The van der Waals surface area contributed by atoms with Crippen LogP contribution in [0.4, 0.5) is 10.5 Å². The smallest absolute Gasteiger partial charge is 0.415 e. The summed E-state index contributed by atoms with van der Waals surface area (Å²) in [6, 6.07) is 13.0. The molecule has 0 bridgehead atoms. The quantitative estimate of drug-likeness (QED) is 0.262. The lowest BCUT2D eigenvalue weighted by molar-refractivity contribution is -0.137. The van der Waals surface area contributed by atoms with Crippen LogP contribution in [0.15, 0.2) is 53.4 Å². The molecule has 3 rings (SSSR count). The molecule has 0 aliphatic carbocycles. The van der Waals surface area contributed by atoms with E-state index in [1.165, 1.54) is 16.7 Å². The molecule has 162 valence electrons. The van der Waals surface area contributed by atoms with Crippen LogP contribution in [-0.4, -0.2) is 52.0 Å². The Balaban J connectivity index is 1.78. The number of anilines is 1. The van der Waals surface area contributed by atoms with Gasteiger partial charge < -0.3 is 20.7 Å². The molecule has 0 spiro atoms. The Morgan fingerprint density at radius 3 is 2.32 bits per heavy atom. The minimum absolute atomic E-state index is 0.205. The van der Waals surface area contributed by atoms with Crippen LogP contribution in [0.2, 0.25) is 0 Å². The molecule has 5 N–H and O–H groups in total. The molecule has 2 aromatic rings. The fraction of sp³-hybridized carbons (Fsp3) is 0.238. The molecule has 1 aliphatic rings. The van der Waals surface area contributed by atoms with E-state index in [2.05, 4.69) is 0 Å². The summed E-state index contributed by atoms with van der Waals surface area (Å²) in [5.41, 5.74) is 7.19. The summed E-state index contributed by atoms with van der Waals surface area (Å²) in [6.45, 7) is 0. The third-order valence-corrected chi connectivity index (χ3v) is 5.79. The van der Waals surface area contributed by atoms with Crippen LogP contribution in [-0.2, 0) is 27.2 Å². The molecule has 9 nitrogen and oxygen atoms in total. The van der Waals surface area contributed by atoms with Crippen LogP contribution in [0.3, 0.4) is 0 Å². The second kappa shape index (κ2) is 9.52. The van der Waals surface area contributed by atoms with Crippen LogP contribution in [0.1, 0.15) is 11.1 Å². The number of amidine groups is 1. The van der Waals surface area contributed by atoms with Crippen LogP contribution in [0.5, 0.6) is 0 Å². The van der Waals surface area contributed by atoms with Crippen molar-refractivity contribution < 1.29 is 29.3 Å². The summed E-state index contributed by atoms with van der Waals surface area (Å²) in [6.07, 6.45) is -1.85. The van der Waals surface area contributed by atoms with Crippen molar-refractivity contribution >= 4 is 41.3 Å². The molecule has 31 heavy (non-hydrogen) atoms. The van der Waals surface area contributed by atoms with E-state index in [1.807, 2.05) is 6.07 Å². The molecular formula is C21H21N3O6S. The van der Waals surface area contributed by atoms with Gasteiger partial charge in [0.05, 0.1) is 12.8 Å². The maximum atomic E-state index is 12.5. The summed E-state index contributed by atoms with van der Waals surface area (Å²) in [5, 5.41) is 26.1. The predicted octanol–water partition coefficient (Wildman–Crippen LogP) is 2.36. The first-order chi connectivity index (χ1) is 14.8. The lowest BCUT2D eigenvalue weighted by Crippen LogP contribution is -2.47. The van der Waals surface area contributed by atoms with E-state index in [9.17, 15) is 14.4 Å². The number of nitrogens with zero attached hydrogens (tertiary/aromatic N) is 1. The zero-order valence-electron chi connectivity index (χ0n) is 16.4. The van der Waals surface area contributed by atoms with Crippen LogP contribution >= 0.6 is 11.8 Å². The van der Waals surface area contributed by atoms with Crippen molar-refractivity contribution in [1.82, 2.24) is 0 Å². The van der Waals surface area contributed by atoms with Gasteiger partial charge in [0.25, 0.3) is 0 Å². The van der Waals surface area contributed by atoms with Gasteiger partial charge in [0.2, 0.25) is 0 Å². The number of rotatable bonds is 9. The van der Waals surface area contributed by atoms with Crippen molar-refractivity contribution in [3.63, 3.8) is 0 Å². The first-order valence-electron chi connectivity index (χ1n) is 9.33. The van der Waals surface area contributed by atoms with Gasteiger partial charge in [-0.3, -0.25) is 19.9 Å². The molecule has 10 heteroatoms. The normalized spacial score (nSPS) is 17.9. The summed E-state index contributed by atoms with van der Waals surface area (Å²) in [7, 11) is 0. The Hall–Kier alpha value is -3.53. The number of nitrogens with two attached hydrogens (primary N) is 1. The Labute approximate surface area is 182 Å². The third kappa shape index (κ3) is 5.34. The summed E-state index contributed by atoms with van der Waals surface area (Å²) < 4.78 is 5.47. The molecule has 0 aromatic heterocycles. The number of ether oxygens (including phenoxy) is 1. The molecule has 2 aromatic carbocycles. The topological polar surface area (TPSA) is 154 Å². The Bertz CT molecular complexity index is 1010. The fourth-order valence-electron chi connectivity index (χ4n) is 3.38. The van der Waals surface area contributed by atoms with E-state index in [-0.39, 0.29) is 24.4 Å². The number of carbonyl (C=O) groups excluding carboxylic acids is 1. The van der Waals surface area contributed by atoms with Crippen molar-refractivity contribution in [3.05, 3.63) is 59.7 Å². The molecule has 0 saturated carbocycles. The molecule has 2 unspecified atom stereocenters. The van der Waals surface area contributed by atoms with Crippen molar-refractivity contribution in [1.29, 1.82) is 5.41 Å². The minimum atomic E-state index is -1.06. The molecule has 0 radical (unpaired) electrons. The van der Waals surface area contributed by atoms with Gasteiger partial charge >= 0.3 is 18.0 Å². The van der Waals surface area contributed by atoms with Crippen molar-refractivity contribution in [2.75, 3.05) is 10.7 Å². The standard InChI is InChI=1S/C21H21N3O6S/c22-20(23)19-16(30-21(29)24(19)14-4-2-1-3-5-14)11-31-15-7-6-12(9-17(25)26)13(8-15)10-18(27)28/h1-8,16,19H,9-11H2,(H3,22,23)(H,25,26)(H,27,28). The van der Waals surface area contributed by atoms with E-state index >= 15 is 0 Å². The highest BCUT2D eigenvalue weighted by atomic mass is 32.2. The Morgan fingerprint density at radius 2 is 1.71 bits per heavy atom. The average molecular weight is 443 g/mol. The first kappa shape index (κ1) is 22.2. The zero-order chi connectivity index (χ0) is 22.5. The van der Waals surface area contributed by atoms with E-state index in [0.717, 1.165) is 0 Å². The second-order valence-electron chi connectivity index (χ2n) is 6.91. The largest absolute Gasteiger partial charge is 0.481 e. The summed E-state index contributed by atoms with van der Waals surface area (Å²) in [4.78, 5) is 36.7. The molecular weight excluding hydrogens is 422 g/mol. The van der Waals surface area contributed by atoms with Gasteiger partial charge in [-0.05, 0) is 35.4 Å². The molecule has 1 fully saturated rings. The number of carbonyl (C=O) groups is 3. The van der Waals surface area contributed by atoms with Gasteiger partial charge in [0.15, 0.2) is 0 Å². The Morgan fingerprint density at radius 1 is 1.06 bits per heavy atom. The number of thioether (sulfide) groups is 1. The van der Waals surface area contributed by atoms with E-state index in [0.29, 0.717) is 21.7 Å². The highest BCUT2D eigenvalue weighted by molar-refractivity contribution is 7.99. The first-order valence-corrected chi connectivity index (χ1v) is 10.3. The van der Waals surface area contributed by atoms with E-state index < -0.39 is 30.2 Å². The number of benzene rings is 2. The zero-order valence-corrected chi connectivity index (χ0v) is 17.2. The molecule has 1 heterocycles. The second-order valence-corrected chi connectivity index (χ2v) is 8.00. The number of cyclic esters (lactones) is 1. The molecule has 1 aliphatic heterocycles. The number of hydrogen-bond donors (Lipinski definition) is 4. The number of para-hydroxylation sites is 1. The van der Waals surface area contributed by atoms with Crippen molar-refractivity contribution in [3.8, 4) is 0 Å². The maximum Gasteiger partial charge on any atom is 0.415 e. The highest BCUT2D eigenvalue weighted by Crippen LogP contribution is 2.31. The van der Waals surface area contributed by atoms with Gasteiger partial charge in [0, 0.05) is 16.3 Å². The lowest BCUT2D eigenvalue weighted by atomic mass is 10.0. The van der Waals surface area contributed by atoms with Crippen LogP contribution in [0, 0.1) is 5.41 Å². The number of hydrogen-bond acceptors (Lipinski definition) is 6. The predicted molar refractivity (Wildman–Crippen MR) is 115 cm³/mol. The van der Waals surface area contributed by atoms with Gasteiger partial charge in [-0.25, -0.2) is 4.79 Å². The maximum absolute atomic E-state index is 12.5. The van der Waals surface area contributed by atoms with Crippen molar-refractivity contribution in [2.24, 2.45) is 5.73 Å². The van der Waals surface area contributed by atoms with Gasteiger partial charge in [-0.15, -0.1) is 11.8 Å². The number of amides is 1. The monoisotopic (exact) mass is 443 g/mol. The number of carboxylic acid groups (broad SMARTS) is 2. The van der Waals surface area contributed by atoms with Crippen LogP contribution < -0.4 is 10.6 Å². The van der Waals surface area contributed by atoms with Crippen molar-refractivity contribution in [2.45, 2.75) is 29.9 Å². The SMILES string of the molecule is N=C(N)C1C(CSc2ccc(CC(=O)O)c(CC(=O)O)c2)OC(=O)N1c1ccccc1. The summed E-state index contributed by atoms with van der Waals surface area (Å²) >= 11 is 1.31. The third-order valence-electron chi connectivity index (χ3n) is 4.71. The van der Waals surface area contributed by atoms with Gasteiger partial charge in [-0.1, -0.05) is 24.3 Å². The summed E-state index contributed by atoms with van der Waals surface area (Å²) in [5.74, 6) is -2.03. The van der Waals surface area contributed by atoms with E-state index in [4.69, 9.17) is 26.1 Å². The van der Waals surface area contributed by atoms with Gasteiger partial charge in [-0.2, -0.15) is 0 Å². The van der Waals surface area contributed by atoms with Gasteiger partial charge in [0.1, 0.15) is 18.0 Å². The number of carboxylic acids is 2. The van der Waals surface area contributed by atoms with Crippen LogP contribution in [0.25, 0.3) is 0 Å². The number of nitrogens with one attached hydrogen (secondary N) is 1. The highest BCUT2D eigenvalue weighted by Gasteiger charge is 2.44. The lowest BCUT2D eigenvalue weighted by Gasteiger charge is -2.23.